The Kier molecular flexibility index (Phi) is 6.73. The molecule has 2 aliphatic rings. The van der Waals surface area contributed by atoms with Gasteiger partial charge in [-0.05, 0) is 42.7 Å². The molecule has 0 saturated carbocycles. The first kappa shape index (κ1) is 23.6. The van der Waals surface area contributed by atoms with E-state index in [9.17, 15) is 13.6 Å². The van der Waals surface area contributed by atoms with Crippen molar-refractivity contribution in [1.82, 2.24) is 9.88 Å². The fourth-order valence-corrected chi connectivity index (χ4v) is 4.46. The molecule has 2 aromatic carbocycles. The number of carbonyl (C=O) groups excluding carboxylic acids is 1. The Hall–Kier alpha value is -4.11. The molecule has 2 heterocycles. The average molecular weight is 489 g/mol. The molecule has 9 heteroatoms. The third-order valence-electron chi connectivity index (χ3n) is 6.21. The van der Waals surface area contributed by atoms with Crippen molar-refractivity contribution in [3.05, 3.63) is 87.3 Å². The minimum absolute atomic E-state index is 0.246. The summed E-state index contributed by atoms with van der Waals surface area (Å²) in [5.74, 6) is -2.30. The van der Waals surface area contributed by atoms with E-state index in [2.05, 4.69) is 32.9 Å². The zero-order chi connectivity index (χ0) is 25.1. The summed E-state index contributed by atoms with van der Waals surface area (Å²) in [5.41, 5.74) is 1.78. The second kappa shape index (κ2) is 10.2. The Labute approximate surface area is 206 Å². The number of anilines is 2. The Morgan fingerprint density at radius 2 is 1.86 bits per heavy atom. The summed E-state index contributed by atoms with van der Waals surface area (Å²) in [7, 11) is 1.61. The summed E-state index contributed by atoms with van der Waals surface area (Å²) in [6.07, 6.45) is 9.41. The van der Waals surface area contributed by atoms with Crippen molar-refractivity contribution in [2.75, 3.05) is 30.6 Å². The first-order valence-electron chi connectivity index (χ1n) is 11.8. The number of nitrogens with zero attached hydrogens (tertiary/aromatic N) is 4. The van der Waals surface area contributed by atoms with Crippen molar-refractivity contribution in [1.29, 1.82) is 0 Å². The van der Waals surface area contributed by atoms with Crippen LogP contribution in [0, 0.1) is 11.6 Å². The summed E-state index contributed by atoms with van der Waals surface area (Å²) < 4.78 is 30.4. The number of aromatic nitrogens is 1. The molecule has 1 aromatic heterocycles. The molecule has 0 spiro atoms. The van der Waals surface area contributed by atoms with E-state index < -0.39 is 23.2 Å². The standard InChI is InChI=1S/C27H26F2N6O/c1-30-25-20-5-2-3-8-24(20)34(15-18-9-11-19(12-10-18)35-17-31-13-14-32-35)16-21(25)27(36)33-26-22(28)6-4-7-23(26)29/h4-12,14,16,31H,2-3,13,15,17H2,1H3,(H,33,36). The van der Waals surface area contributed by atoms with Crippen molar-refractivity contribution in [3.8, 4) is 0 Å². The lowest BCUT2D eigenvalue weighted by atomic mass is 10.1. The molecule has 0 bridgehead atoms. The van der Waals surface area contributed by atoms with Crippen LogP contribution in [0.2, 0.25) is 0 Å². The van der Waals surface area contributed by atoms with Crippen LogP contribution in [0.15, 0.2) is 58.8 Å². The van der Waals surface area contributed by atoms with Gasteiger partial charge >= 0.3 is 0 Å². The third kappa shape index (κ3) is 4.70. The van der Waals surface area contributed by atoms with Crippen LogP contribution in [0.3, 0.4) is 0 Å². The number of benzene rings is 2. The highest BCUT2D eigenvalue weighted by molar-refractivity contribution is 6.04. The van der Waals surface area contributed by atoms with Crippen LogP contribution in [0.25, 0.3) is 12.2 Å². The van der Waals surface area contributed by atoms with Crippen LogP contribution in [-0.2, 0) is 6.54 Å². The van der Waals surface area contributed by atoms with Crippen LogP contribution in [0.4, 0.5) is 20.2 Å². The summed E-state index contributed by atoms with van der Waals surface area (Å²) in [6.45, 7) is 1.90. The predicted octanol–water partition coefficient (Wildman–Crippen LogP) is 2.31. The summed E-state index contributed by atoms with van der Waals surface area (Å²) in [5, 5.41) is 14.2. The Morgan fingerprint density at radius 1 is 1.11 bits per heavy atom. The monoisotopic (exact) mass is 488 g/mol. The maximum absolute atomic E-state index is 14.2. The van der Waals surface area contributed by atoms with E-state index in [0.717, 1.165) is 53.3 Å². The van der Waals surface area contributed by atoms with Gasteiger partial charge in [0.25, 0.3) is 5.91 Å². The number of carbonyl (C=O) groups is 1. The van der Waals surface area contributed by atoms with Gasteiger partial charge in [-0.15, -0.1) is 0 Å². The largest absolute Gasteiger partial charge is 0.342 e. The van der Waals surface area contributed by atoms with Gasteiger partial charge in [0.15, 0.2) is 0 Å². The van der Waals surface area contributed by atoms with Crippen LogP contribution >= 0.6 is 0 Å². The zero-order valence-corrected chi connectivity index (χ0v) is 19.8. The molecule has 1 amide bonds. The second-order valence-electron chi connectivity index (χ2n) is 8.55. The van der Waals surface area contributed by atoms with Gasteiger partial charge in [0.2, 0.25) is 0 Å². The Morgan fingerprint density at radius 3 is 2.56 bits per heavy atom. The quantitative estimate of drug-likeness (QED) is 0.579. The molecular weight excluding hydrogens is 462 g/mol. The first-order chi connectivity index (χ1) is 17.5. The van der Waals surface area contributed by atoms with Crippen molar-refractivity contribution in [2.24, 2.45) is 10.1 Å². The molecule has 0 radical (unpaired) electrons. The highest BCUT2D eigenvalue weighted by Crippen LogP contribution is 2.19. The molecule has 184 valence electrons. The van der Waals surface area contributed by atoms with Crippen molar-refractivity contribution in [2.45, 2.75) is 19.4 Å². The SMILES string of the molecule is CN=c1c(C(=O)Nc2c(F)cccc2F)cn(Cc2ccc(N3CNCC=N3)cc2)c2c1=CCCC=2. The molecule has 0 saturated heterocycles. The predicted molar refractivity (Wildman–Crippen MR) is 137 cm³/mol. The van der Waals surface area contributed by atoms with E-state index in [-0.39, 0.29) is 5.56 Å². The number of halogens is 2. The van der Waals surface area contributed by atoms with Crippen LogP contribution in [0.1, 0.15) is 28.8 Å². The number of hydrogen-bond donors (Lipinski definition) is 2. The van der Waals surface area contributed by atoms with E-state index in [0.29, 0.717) is 18.6 Å². The molecule has 2 N–H and O–H groups in total. The normalized spacial score (nSPS) is 15.2. The number of fused-ring (bicyclic) bond motifs is 1. The van der Waals surface area contributed by atoms with Gasteiger partial charge in [-0.2, -0.15) is 5.10 Å². The fourth-order valence-electron chi connectivity index (χ4n) is 4.46. The number of nitrogens with one attached hydrogen (secondary N) is 2. The van der Waals surface area contributed by atoms with Gasteiger partial charge in [-0.1, -0.05) is 30.4 Å². The smallest absolute Gasteiger partial charge is 0.259 e. The summed E-state index contributed by atoms with van der Waals surface area (Å²) in [4.78, 5) is 17.6. The van der Waals surface area contributed by atoms with E-state index in [1.54, 1.807) is 13.2 Å². The molecule has 0 atom stereocenters. The number of rotatable bonds is 5. The molecular formula is C27H26F2N6O. The number of hydrazone groups is 1. The molecule has 3 aromatic rings. The lowest BCUT2D eigenvalue weighted by Gasteiger charge is -2.23. The minimum Gasteiger partial charge on any atom is -0.342 e. The molecule has 7 nitrogen and oxygen atoms in total. The average Bonchev–Trinajstić information content (AvgIpc) is 2.91. The van der Waals surface area contributed by atoms with E-state index in [1.807, 2.05) is 40.1 Å². The van der Waals surface area contributed by atoms with E-state index >= 15 is 0 Å². The summed E-state index contributed by atoms with van der Waals surface area (Å²) in [6, 6.07) is 11.5. The number of hydrogen-bond acceptors (Lipinski definition) is 5. The maximum Gasteiger partial charge on any atom is 0.259 e. The molecule has 0 fully saturated rings. The number of amides is 1. The van der Waals surface area contributed by atoms with Crippen LogP contribution in [-0.4, -0.2) is 36.9 Å². The highest BCUT2D eigenvalue weighted by Gasteiger charge is 2.18. The van der Waals surface area contributed by atoms with E-state index in [4.69, 9.17) is 0 Å². The number of pyridine rings is 1. The second-order valence-corrected chi connectivity index (χ2v) is 8.55. The molecule has 5 rings (SSSR count). The van der Waals surface area contributed by atoms with Gasteiger partial charge < -0.3 is 9.88 Å². The van der Waals surface area contributed by atoms with Crippen molar-refractivity contribution >= 4 is 35.6 Å². The van der Waals surface area contributed by atoms with Gasteiger partial charge in [0.05, 0.1) is 23.3 Å². The number of para-hydroxylation sites is 1. The van der Waals surface area contributed by atoms with Crippen molar-refractivity contribution < 1.29 is 13.6 Å². The van der Waals surface area contributed by atoms with Gasteiger partial charge in [-0.3, -0.25) is 20.1 Å². The third-order valence-corrected chi connectivity index (χ3v) is 6.21. The highest BCUT2D eigenvalue weighted by atomic mass is 19.1. The lowest BCUT2D eigenvalue weighted by molar-refractivity contribution is 0.102. The van der Waals surface area contributed by atoms with Crippen LogP contribution < -0.4 is 31.6 Å². The lowest BCUT2D eigenvalue weighted by Crippen LogP contribution is -2.49. The van der Waals surface area contributed by atoms with Gasteiger partial charge in [-0.25, -0.2) is 8.78 Å². The van der Waals surface area contributed by atoms with Gasteiger partial charge in [0, 0.05) is 43.1 Å². The molecule has 1 aliphatic carbocycles. The van der Waals surface area contributed by atoms with Crippen molar-refractivity contribution in [3.63, 3.8) is 0 Å². The first-order valence-corrected chi connectivity index (χ1v) is 11.8. The van der Waals surface area contributed by atoms with Crippen LogP contribution in [0.5, 0.6) is 0 Å². The van der Waals surface area contributed by atoms with E-state index in [1.165, 1.54) is 6.07 Å². The maximum atomic E-state index is 14.2. The molecule has 1 aliphatic heterocycles. The molecule has 0 unspecified atom stereocenters. The summed E-state index contributed by atoms with van der Waals surface area (Å²) >= 11 is 0. The topological polar surface area (TPSA) is 74.0 Å². The fraction of sp³-hybridized carbons (Fsp3) is 0.222. The Balaban J connectivity index is 1.53. The van der Waals surface area contributed by atoms with Gasteiger partial charge in [0.1, 0.15) is 17.3 Å². The Bertz CT molecular complexity index is 1510. The molecule has 36 heavy (non-hydrogen) atoms. The minimum atomic E-state index is -0.836. The zero-order valence-electron chi connectivity index (χ0n) is 19.8.